The van der Waals surface area contributed by atoms with Gasteiger partial charge in [-0.25, -0.2) is 19.9 Å². The molecule has 1 saturated heterocycles. The minimum atomic E-state index is -0.883. The molecule has 12 heteroatoms. The molecule has 4 aromatic rings. The number of nitrogens with two attached hydrogens (primary N) is 1. The van der Waals surface area contributed by atoms with Gasteiger partial charge in [0.25, 0.3) is 5.89 Å². The lowest BCUT2D eigenvalue weighted by molar-refractivity contribution is -0.139. The molecule has 4 N–H and O–H groups in total. The maximum atomic E-state index is 11.3. The van der Waals surface area contributed by atoms with Crippen molar-refractivity contribution in [3.63, 3.8) is 0 Å². The Balaban J connectivity index is 1.21. The van der Waals surface area contributed by atoms with E-state index < -0.39 is 12.0 Å². The van der Waals surface area contributed by atoms with E-state index in [4.69, 9.17) is 15.2 Å². The summed E-state index contributed by atoms with van der Waals surface area (Å²) in [6, 6.07) is 7.63. The molecule has 12 nitrogen and oxygen atoms in total. The Bertz CT molecular complexity index is 1400. The molecule has 2 aliphatic rings. The smallest absolute Gasteiger partial charge is 0.322 e. The lowest BCUT2D eigenvalue weighted by atomic mass is 9.64. The molecule has 1 aliphatic carbocycles. The molecule has 4 heterocycles. The van der Waals surface area contributed by atoms with Gasteiger partial charge in [-0.15, -0.1) is 0 Å². The number of carbonyl (C=O) groups is 1. The van der Waals surface area contributed by atoms with Gasteiger partial charge >= 0.3 is 5.97 Å². The Morgan fingerprint density at radius 2 is 1.84 bits per heavy atom. The second-order valence-electron chi connectivity index (χ2n) is 9.32. The van der Waals surface area contributed by atoms with E-state index in [9.17, 15) is 9.90 Å². The molecule has 1 saturated carbocycles. The zero-order valence-corrected chi connectivity index (χ0v) is 19.9. The Hall–Kier alpha value is -4.45. The zero-order valence-electron chi connectivity index (χ0n) is 19.9. The third kappa shape index (κ3) is 4.25. The first-order chi connectivity index (χ1) is 18.0. The van der Waals surface area contributed by atoms with Crippen molar-refractivity contribution < 1.29 is 14.4 Å². The Morgan fingerprint density at radius 3 is 2.49 bits per heavy atom. The van der Waals surface area contributed by atoms with Gasteiger partial charge in [-0.05, 0) is 24.0 Å². The summed E-state index contributed by atoms with van der Waals surface area (Å²) in [5, 5.41) is 16.6. The predicted molar refractivity (Wildman–Crippen MR) is 133 cm³/mol. The molecule has 0 amide bonds. The maximum absolute atomic E-state index is 11.3. The number of carboxylic acid groups (broad SMARTS) is 1. The molecule has 6 rings (SSSR count). The van der Waals surface area contributed by atoms with Crippen molar-refractivity contribution in [2.24, 2.45) is 0 Å². The van der Waals surface area contributed by atoms with Crippen molar-refractivity contribution in [3.05, 3.63) is 60.4 Å². The molecule has 2 fully saturated rings. The standard InChI is InChI=1S/C25H25N9O3/c26-24-30-10-16(11-31-24)15-2-4-17(5-3-15)25(6-1-7-25)23-32-21(37-33-23)18-12-29-20(13-28-18)34-9-8-27-19(14-34)22(35)36/h2-5,10-13,19,27H,1,6-9,14H2,(H,35,36)(H2,26,30,31)/t19-/m1/s1. The van der Waals surface area contributed by atoms with Crippen LogP contribution in [-0.4, -0.2) is 66.8 Å². The average molecular weight is 500 g/mol. The predicted octanol–water partition coefficient (Wildman–Crippen LogP) is 1.90. The van der Waals surface area contributed by atoms with Crippen LogP contribution >= 0.6 is 0 Å². The van der Waals surface area contributed by atoms with Crippen LogP contribution in [0.2, 0.25) is 0 Å². The quantitative estimate of drug-likeness (QED) is 0.353. The van der Waals surface area contributed by atoms with Gasteiger partial charge in [0.1, 0.15) is 17.6 Å². The van der Waals surface area contributed by atoms with E-state index in [0.717, 1.165) is 36.0 Å². The first kappa shape index (κ1) is 23.0. The van der Waals surface area contributed by atoms with Crippen molar-refractivity contribution >= 4 is 17.7 Å². The second-order valence-corrected chi connectivity index (χ2v) is 9.32. The molecule has 1 aromatic carbocycles. The summed E-state index contributed by atoms with van der Waals surface area (Å²) < 4.78 is 5.60. The third-order valence-electron chi connectivity index (χ3n) is 7.16. The summed E-state index contributed by atoms with van der Waals surface area (Å²) in [7, 11) is 0. The number of aromatic nitrogens is 6. The van der Waals surface area contributed by atoms with E-state index in [2.05, 4.69) is 42.5 Å². The van der Waals surface area contributed by atoms with E-state index >= 15 is 0 Å². The normalized spacial score (nSPS) is 18.8. The molecule has 0 bridgehead atoms. The monoisotopic (exact) mass is 499 g/mol. The highest BCUT2D eigenvalue weighted by atomic mass is 16.5. The number of hydrogen-bond acceptors (Lipinski definition) is 11. The number of nitrogen functional groups attached to an aromatic ring is 1. The number of piperazine rings is 1. The molecular formula is C25H25N9O3. The first-order valence-electron chi connectivity index (χ1n) is 12.1. The van der Waals surface area contributed by atoms with E-state index in [1.54, 1.807) is 24.8 Å². The van der Waals surface area contributed by atoms with Gasteiger partial charge < -0.3 is 25.6 Å². The van der Waals surface area contributed by atoms with Gasteiger partial charge in [0.2, 0.25) is 5.95 Å². The van der Waals surface area contributed by atoms with Crippen LogP contribution in [0.4, 0.5) is 11.8 Å². The topological polar surface area (TPSA) is 169 Å². The van der Waals surface area contributed by atoms with Crippen LogP contribution in [0.1, 0.15) is 30.7 Å². The van der Waals surface area contributed by atoms with Crippen molar-refractivity contribution in [3.8, 4) is 22.7 Å². The summed E-state index contributed by atoms with van der Waals surface area (Å²) in [5.41, 5.74) is 8.79. The molecule has 3 aromatic heterocycles. The van der Waals surface area contributed by atoms with Crippen molar-refractivity contribution in [1.82, 2.24) is 35.4 Å². The van der Waals surface area contributed by atoms with Crippen LogP contribution in [0.25, 0.3) is 22.7 Å². The van der Waals surface area contributed by atoms with Crippen molar-refractivity contribution in [2.75, 3.05) is 30.3 Å². The lowest BCUT2D eigenvalue weighted by Crippen LogP contribution is -2.54. The van der Waals surface area contributed by atoms with Gasteiger partial charge in [0.05, 0.1) is 17.8 Å². The highest BCUT2D eigenvalue weighted by Gasteiger charge is 2.44. The number of rotatable bonds is 6. The number of carboxylic acids is 1. The van der Waals surface area contributed by atoms with Crippen LogP contribution in [-0.2, 0) is 10.2 Å². The molecule has 0 radical (unpaired) electrons. The summed E-state index contributed by atoms with van der Waals surface area (Å²) in [6.07, 6.45) is 9.54. The van der Waals surface area contributed by atoms with E-state index in [-0.39, 0.29) is 11.4 Å². The van der Waals surface area contributed by atoms with Gasteiger partial charge in [-0.1, -0.05) is 35.8 Å². The highest BCUT2D eigenvalue weighted by molar-refractivity contribution is 5.74. The van der Waals surface area contributed by atoms with Gasteiger partial charge in [0.15, 0.2) is 5.82 Å². The number of nitrogens with one attached hydrogen (secondary N) is 1. The fourth-order valence-corrected chi connectivity index (χ4v) is 4.88. The minimum Gasteiger partial charge on any atom is -0.480 e. The summed E-state index contributed by atoms with van der Waals surface area (Å²) >= 11 is 0. The van der Waals surface area contributed by atoms with Crippen molar-refractivity contribution in [2.45, 2.75) is 30.7 Å². The van der Waals surface area contributed by atoms with Gasteiger partial charge in [0, 0.05) is 37.6 Å². The Labute approximate surface area is 212 Å². The zero-order chi connectivity index (χ0) is 25.4. The van der Waals surface area contributed by atoms with E-state index in [1.165, 1.54) is 0 Å². The van der Waals surface area contributed by atoms with E-state index in [0.29, 0.717) is 42.9 Å². The van der Waals surface area contributed by atoms with Crippen LogP contribution in [0.5, 0.6) is 0 Å². The molecule has 37 heavy (non-hydrogen) atoms. The van der Waals surface area contributed by atoms with Crippen molar-refractivity contribution in [1.29, 1.82) is 0 Å². The number of nitrogens with zero attached hydrogens (tertiary/aromatic N) is 7. The van der Waals surface area contributed by atoms with E-state index in [1.807, 2.05) is 17.0 Å². The third-order valence-corrected chi connectivity index (χ3v) is 7.16. The highest BCUT2D eigenvalue weighted by Crippen LogP contribution is 2.48. The maximum Gasteiger partial charge on any atom is 0.322 e. The molecule has 1 atom stereocenters. The lowest BCUT2D eigenvalue weighted by Gasteiger charge is -2.39. The average Bonchev–Trinajstić information content (AvgIpc) is 3.39. The van der Waals surface area contributed by atoms with Crippen LogP contribution in [0.15, 0.2) is 53.6 Å². The van der Waals surface area contributed by atoms with Crippen LogP contribution in [0, 0.1) is 0 Å². The molecule has 0 unspecified atom stereocenters. The first-order valence-corrected chi connectivity index (χ1v) is 12.1. The summed E-state index contributed by atoms with van der Waals surface area (Å²) in [5.74, 6) is 0.913. The number of aliphatic carboxylic acids is 1. The molecule has 188 valence electrons. The largest absolute Gasteiger partial charge is 0.480 e. The van der Waals surface area contributed by atoms with Gasteiger partial charge in [-0.2, -0.15) is 4.98 Å². The number of anilines is 2. The fourth-order valence-electron chi connectivity index (χ4n) is 4.88. The van der Waals surface area contributed by atoms with Crippen LogP contribution in [0.3, 0.4) is 0 Å². The number of benzene rings is 1. The molecular weight excluding hydrogens is 474 g/mol. The SMILES string of the molecule is Nc1ncc(-c2ccc(C3(c4noc(-c5cnc(N6CCN[C@@H](C(=O)O)C6)cn5)n4)CCC3)cc2)cn1. The fraction of sp³-hybridized carbons (Fsp3) is 0.320. The summed E-state index contributed by atoms with van der Waals surface area (Å²) in [6.45, 7) is 1.53. The Kier molecular flexibility index (Phi) is 5.72. The summed E-state index contributed by atoms with van der Waals surface area (Å²) in [4.78, 5) is 35.0. The van der Waals surface area contributed by atoms with Crippen LogP contribution < -0.4 is 16.0 Å². The van der Waals surface area contributed by atoms with Gasteiger partial charge in [-0.3, -0.25) is 4.79 Å². The Morgan fingerprint density at radius 1 is 1.05 bits per heavy atom. The molecule has 1 aliphatic heterocycles. The minimum absolute atomic E-state index is 0.247. The molecule has 0 spiro atoms. The number of hydrogen-bond donors (Lipinski definition) is 3. The second kappa shape index (κ2) is 9.21.